The fraction of sp³-hybridized carbons (Fsp3) is 0.400. The van der Waals surface area contributed by atoms with Gasteiger partial charge in [0, 0.05) is 38.8 Å². The monoisotopic (exact) mass is 286 g/mol. The molecule has 0 saturated carbocycles. The molecule has 2 rings (SSSR count). The molecule has 1 aliphatic heterocycles. The van der Waals surface area contributed by atoms with E-state index in [9.17, 15) is 9.59 Å². The lowest BCUT2D eigenvalue weighted by molar-refractivity contribution is -0.127. The summed E-state index contributed by atoms with van der Waals surface area (Å²) in [5.74, 6) is 0.163. The lowest BCUT2D eigenvalue weighted by Gasteiger charge is -2.22. The van der Waals surface area contributed by atoms with E-state index in [1.807, 2.05) is 6.07 Å². The van der Waals surface area contributed by atoms with Crippen molar-refractivity contribution in [2.24, 2.45) is 0 Å². The molecule has 6 heteroatoms. The predicted molar refractivity (Wildman–Crippen MR) is 78.6 cm³/mol. The SMILES string of the molecule is CN(CCN1CCCC1=O)C(=O)Nc1ccc(C#N)cc1. The van der Waals surface area contributed by atoms with Crippen LogP contribution in [-0.4, -0.2) is 48.4 Å². The van der Waals surface area contributed by atoms with Gasteiger partial charge >= 0.3 is 6.03 Å². The topological polar surface area (TPSA) is 76.4 Å². The third-order valence-electron chi connectivity index (χ3n) is 3.49. The molecule has 1 heterocycles. The number of likely N-dealkylation sites (N-methyl/N-ethyl adjacent to an activating group) is 1. The zero-order valence-corrected chi connectivity index (χ0v) is 12.0. The molecule has 0 unspecified atom stereocenters. The number of nitrogens with one attached hydrogen (secondary N) is 1. The molecule has 0 bridgehead atoms. The Hall–Kier alpha value is -2.55. The van der Waals surface area contributed by atoms with Gasteiger partial charge in [-0.05, 0) is 30.7 Å². The Morgan fingerprint density at radius 3 is 2.71 bits per heavy atom. The van der Waals surface area contributed by atoms with E-state index in [-0.39, 0.29) is 11.9 Å². The number of rotatable bonds is 4. The van der Waals surface area contributed by atoms with Crippen LogP contribution in [0, 0.1) is 11.3 Å². The third-order valence-corrected chi connectivity index (χ3v) is 3.49. The molecule has 1 fully saturated rings. The maximum absolute atomic E-state index is 12.0. The Balaban J connectivity index is 1.81. The first-order chi connectivity index (χ1) is 10.1. The normalized spacial score (nSPS) is 13.9. The zero-order valence-electron chi connectivity index (χ0n) is 12.0. The number of hydrogen-bond acceptors (Lipinski definition) is 3. The van der Waals surface area contributed by atoms with E-state index in [0.717, 1.165) is 13.0 Å². The van der Waals surface area contributed by atoms with Gasteiger partial charge in [-0.3, -0.25) is 4.79 Å². The summed E-state index contributed by atoms with van der Waals surface area (Å²) in [7, 11) is 1.69. The molecule has 3 amide bonds. The molecule has 110 valence electrons. The van der Waals surface area contributed by atoms with Crippen molar-refractivity contribution in [1.82, 2.24) is 9.80 Å². The van der Waals surface area contributed by atoms with Crippen LogP contribution in [0.5, 0.6) is 0 Å². The molecule has 1 aliphatic rings. The van der Waals surface area contributed by atoms with Crippen LogP contribution in [0.2, 0.25) is 0 Å². The molecule has 1 aromatic carbocycles. The quantitative estimate of drug-likeness (QED) is 0.914. The minimum absolute atomic E-state index is 0.163. The molecular weight excluding hydrogens is 268 g/mol. The van der Waals surface area contributed by atoms with Gasteiger partial charge in [0.15, 0.2) is 0 Å². The number of carbonyl (C=O) groups excluding carboxylic acids is 2. The summed E-state index contributed by atoms with van der Waals surface area (Å²) in [6.07, 6.45) is 1.52. The molecule has 1 saturated heterocycles. The molecule has 0 radical (unpaired) electrons. The van der Waals surface area contributed by atoms with E-state index in [1.54, 1.807) is 41.1 Å². The second-order valence-electron chi connectivity index (χ2n) is 5.03. The average Bonchev–Trinajstić information content (AvgIpc) is 2.90. The van der Waals surface area contributed by atoms with E-state index >= 15 is 0 Å². The zero-order chi connectivity index (χ0) is 15.2. The standard InChI is InChI=1S/C15H18N4O2/c1-18(9-10-19-8-2-3-14(19)20)15(21)17-13-6-4-12(11-16)5-7-13/h4-7H,2-3,8-10H2,1H3,(H,17,21). The third kappa shape index (κ3) is 3.96. The first-order valence-electron chi connectivity index (χ1n) is 6.90. The van der Waals surface area contributed by atoms with Gasteiger partial charge in [-0.2, -0.15) is 5.26 Å². The van der Waals surface area contributed by atoms with Crippen LogP contribution < -0.4 is 5.32 Å². The highest BCUT2D eigenvalue weighted by molar-refractivity contribution is 5.89. The first-order valence-corrected chi connectivity index (χ1v) is 6.90. The van der Waals surface area contributed by atoms with Crippen molar-refractivity contribution in [2.75, 3.05) is 32.0 Å². The van der Waals surface area contributed by atoms with Crippen molar-refractivity contribution >= 4 is 17.6 Å². The first kappa shape index (κ1) is 14.9. The molecule has 0 atom stereocenters. The second kappa shape index (κ2) is 6.75. The molecule has 21 heavy (non-hydrogen) atoms. The summed E-state index contributed by atoms with van der Waals surface area (Å²) >= 11 is 0. The summed E-state index contributed by atoms with van der Waals surface area (Å²) in [4.78, 5) is 26.8. The smallest absolute Gasteiger partial charge is 0.321 e. The summed E-state index contributed by atoms with van der Waals surface area (Å²) < 4.78 is 0. The average molecular weight is 286 g/mol. The highest BCUT2D eigenvalue weighted by Crippen LogP contribution is 2.11. The van der Waals surface area contributed by atoms with Crippen LogP contribution in [-0.2, 0) is 4.79 Å². The van der Waals surface area contributed by atoms with Gasteiger partial charge in [0.05, 0.1) is 11.6 Å². The number of likely N-dealkylation sites (tertiary alicyclic amines) is 1. The van der Waals surface area contributed by atoms with Gasteiger partial charge in [-0.1, -0.05) is 0 Å². The Labute approximate surface area is 123 Å². The largest absolute Gasteiger partial charge is 0.341 e. The Kier molecular flexibility index (Phi) is 4.77. The molecule has 1 N–H and O–H groups in total. The van der Waals surface area contributed by atoms with E-state index in [1.165, 1.54) is 0 Å². The van der Waals surface area contributed by atoms with Crippen molar-refractivity contribution in [3.05, 3.63) is 29.8 Å². The van der Waals surface area contributed by atoms with E-state index in [4.69, 9.17) is 5.26 Å². The number of amides is 3. The lowest BCUT2D eigenvalue weighted by Crippen LogP contribution is -2.38. The predicted octanol–water partition coefficient (Wildman–Crippen LogP) is 1.64. The number of carbonyl (C=O) groups is 2. The number of hydrogen-bond donors (Lipinski definition) is 1. The molecule has 1 aromatic rings. The van der Waals surface area contributed by atoms with Crippen molar-refractivity contribution in [1.29, 1.82) is 5.26 Å². The van der Waals surface area contributed by atoms with Crippen LogP contribution in [0.1, 0.15) is 18.4 Å². The van der Waals surface area contributed by atoms with Gasteiger partial charge < -0.3 is 15.1 Å². The van der Waals surface area contributed by atoms with Crippen molar-refractivity contribution in [2.45, 2.75) is 12.8 Å². The summed E-state index contributed by atoms with van der Waals surface area (Å²) in [6, 6.07) is 8.48. The van der Waals surface area contributed by atoms with Crippen LogP contribution >= 0.6 is 0 Å². The van der Waals surface area contributed by atoms with E-state index in [2.05, 4.69) is 5.32 Å². The van der Waals surface area contributed by atoms with Crippen molar-refractivity contribution in [3.8, 4) is 6.07 Å². The molecule has 0 aliphatic carbocycles. The Bertz CT molecular complexity index is 562. The minimum atomic E-state index is -0.230. The van der Waals surface area contributed by atoms with Crippen LogP contribution in [0.4, 0.5) is 10.5 Å². The fourth-order valence-electron chi connectivity index (χ4n) is 2.16. The second-order valence-corrected chi connectivity index (χ2v) is 5.03. The maximum atomic E-state index is 12.0. The summed E-state index contributed by atoms with van der Waals surface area (Å²) in [6.45, 7) is 1.84. The number of nitriles is 1. The number of nitrogens with zero attached hydrogens (tertiary/aromatic N) is 3. The maximum Gasteiger partial charge on any atom is 0.321 e. The summed E-state index contributed by atoms with van der Waals surface area (Å²) in [5.41, 5.74) is 1.19. The number of urea groups is 1. The van der Waals surface area contributed by atoms with E-state index in [0.29, 0.717) is 30.8 Å². The highest BCUT2D eigenvalue weighted by Gasteiger charge is 2.20. The van der Waals surface area contributed by atoms with E-state index < -0.39 is 0 Å². The summed E-state index contributed by atoms with van der Waals surface area (Å²) in [5, 5.41) is 11.5. The fourth-order valence-corrected chi connectivity index (χ4v) is 2.16. The Morgan fingerprint density at radius 2 is 2.14 bits per heavy atom. The lowest BCUT2D eigenvalue weighted by atomic mass is 10.2. The van der Waals surface area contributed by atoms with Gasteiger partial charge in [0.25, 0.3) is 0 Å². The molecule has 0 aromatic heterocycles. The number of anilines is 1. The highest BCUT2D eigenvalue weighted by atomic mass is 16.2. The van der Waals surface area contributed by atoms with Crippen LogP contribution in [0.25, 0.3) is 0 Å². The molecule has 6 nitrogen and oxygen atoms in total. The van der Waals surface area contributed by atoms with Gasteiger partial charge in [0.1, 0.15) is 0 Å². The van der Waals surface area contributed by atoms with Crippen molar-refractivity contribution < 1.29 is 9.59 Å². The molecular formula is C15H18N4O2. The van der Waals surface area contributed by atoms with Gasteiger partial charge in [-0.15, -0.1) is 0 Å². The van der Waals surface area contributed by atoms with Crippen LogP contribution in [0.15, 0.2) is 24.3 Å². The van der Waals surface area contributed by atoms with Crippen molar-refractivity contribution in [3.63, 3.8) is 0 Å². The Morgan fingerprint density at radius 1 is 1.43 bits per heavy atom. The minimum Gasteiger partial charge on any atom is -0.341 e. The molecule has 0 spiro atoms. The van der Waals surface area contributed by atoms with Gasteiger partial charge in [0.2, 0.25) is 5.91 Å². The van der Waals surface area contributed by atoms with Gasteiger partial charge in [-0.25, -0.2) is 4.79 Å². The van der Waals surface area contributed by atoms with Crippen LogP contribution in [0.3, 0.4) is 0 Å². The number of benzene rings is 1.